The summed E-state index contributed by atoms with van der Waals surface area (Å²) < 4.78 is 13.0. The van der Waals surface area contributed by atoms with Crippen LogP contribution in [0.2, 0.25) is 5.02 Å². The van der Waals surface area contributed by atoms with Gasteiger partial charge in [0.05, 0.1) is 0 Å². The molecule has 1 heterocycles. The molecule has 116 valence electrons. The largest absolute Gasteiger partial charge is 0.356 e. The second kappa shape index (κ2) is 7.64. The van der Waals surface area contributed by atoms with Crippen LogP contribution in [0.3, 0.4) is 0 Å². The van der Waals surface area contributed by atoms with E-state index in [1.807, 2.05) is 7.05 Å². The second-order valence-corrected chi connectivity index (χ2v) is 6.04. The van der Waals surface area contributed by atoms with E-state index in [0.29, 0.717) is 5.02 Å². The number of aliphatic imine (C=N–C) groups is 1. The van der Waals surface area contributed by atoms with Gasteiger partial charge in [-0.1, -0.05) is 24.6 Å². The first kappa shape index (κ1) is 16.1. The van der Waals surface area contributed by atoms with Crippen molar-refractivity contribution in [3.05, 3.63) is 34.6 Å². The van der Waals surface area contributed by atoms with Gasteiger partial charge in [0.25, 0.3) is 0 Å². The summed E-state index contributed by atoms with van der Waals surface area (Å²) >= 11 is 6.04. The molecule has 2 rings (SSSR count). The molecule has 1 saturated heterocycles. The first-order chi connectivity index (χ1) is 10.1. The van der Waals surface area contributed by atoms with Gasteiger partial charge in [0.1, 0.15) is 5.82 Å². The molecule has 3 nitrogen and oxygen atoms in total. The van der Waals surface area contributed by atoms with Crippen LogP contribution in [0.15, 0.2) is 23.2 Å². The van der Waals surface area contributed by atoms with Gasteiger partial charge in [0.15, 0.2) is 5.96 Å². The SMILES string of the molecule is CN=C(NCCc1ccc(F)cc1Cl)N1CCC(C)CC1. The Morgan fingerprint density at radius 1 is 1.43 bits per heavy atom. The van der Waals surface area contributed by atoms with Crippen molar-refractivity contribution >= 4 is 17.6 Å². The van der Waals surface area contributed by atoms with Gasteiger partial charge in [-0.2, -0.15) is 0 Å². The van der Waals surface area contributed by atoms with Gasteiger partial charge in [0.2, 0.25) is 0 Å². The first-order valence-electron chi connectivity index (χ1n) is 7.49. The van der Waals surface area contributed by atoms with Gasteiger partial charge < -0.3 is 10.2 Å². The van der Waals surface area contributed by atoms with Crippen molar-refractivity contribution in [2.24, 2.45) is 10.9 Å². The molecule has 0 aliphatic carbocycles. The van der Waals surface area contributed by atoms with E-state index in [2.05, 4.69) is 22.1 Å². The minimum absolute atomic E-state index is 0.296. The summed E-state index contributed by atoms with van der Waals surface area (Å²) in [6, 6.07) is 4.55. The van der Waals surface area contributed by atoms with Crippen molar-refractivity contribution in [2.45, 2.75) is 26.2 Å². The monoisotopic (exact) mass is 311 g/mol. The molecule has 0 saturated carbocycles. The van der Waals surface area contributed by atoms with Crippen LogP contribution in [0.25, 0.3) is 0 Å². The van der Waals surface area contributed by atoms with E-state index in [1.54, 1.807) is 6.07 Å². The van der Waals surface area contributed by atoms with E-state index in [4.69, 9.17) is 11.6 Å². The molecule has 0 atom stereocenters. The van der Waals surface area contributed by atoms with E-state index in [9.17, 15) is 4.39 Å². The fourth-order valence-corrected chi connectivity index (χ4v) is 2.85. The molecule has 1 aromatic rings. The third-order valence-corrected chi connectivity index (χ3v) is 4.34. The lowest BCUT2D eigenvalue weighted by Gasteiger charge is -2.32. The number of piperidine rings is 1. The van der Waals surface area contributed by atoms with Crippen LogP contribution in [-0.2, 0) is 6.42 Å². The summed E-state index contributed by atoms with van der Waals surface area (Å²) in [6.45, 7) is 5.14. The molecule has 0 spiro atoms. The summed E-state index contributed by atoms with van der Waals surface area (Å²) in [5, 5.41) is 3.85. The lowest BCUT2D eigenvalue weighted by Crippen LogP contribution is -2.45. The number of nitrogens with zero attached hydrogens (tertiary/aromatic N) is 2. The molecule has 1 aliphatic rings. The summed E-state index contributed by atoms with van der Waals surface area (Å²) in [7, 11) is 1.81. The molecule has 0 amide bonds. The summed E-state index contributed by atoms with van der Waals surface area (Å²) in [4.78, 5) is 6.64. The number of guanidine groups is 1. The summed E-state index contributed by atoms with van der Waals surface area (Å²) in [6.07, 6.45) is 3.18. The Hall–Kier alpha value is -1.29. The molecule has 1 aliphatic heterocycles. The molecule has 0 unspecified atom stereocenters. The minimum atomic E-state index is -0.296. The van der Waals surface area contributed by atoms with Gasteiger partial charge in [-0.15, -0.1) is 0 Å². The fraction of sp³-hybridized carbons (Fsp3) is 0.562. The molecule has 0 aromatic heterocycles. The number of nitrogens with one attached hydrogen (secondary N) is 1. The molecule has 21 heavy (non-hydrogen) atoms. The van der Waals surface area contributed by atoms with Gasteiger partial charge in [-0.3, -0.25) is 4.99 Å². The molecular formula is C16H23ClFN3. The van der Waals surface area contributed by atoms with Crippen molar-refractivity contribution in [1.82, 2.24) is 10.2 Å². The zero-order valence-electron chi connectivity index (χ0n) is 12.7. The van der Waals surface area contributed by atoms with Gasteiger partial charge in [-0.05, 0) is 42.9 Å². The molecule has 0 radical (unpaired) electrons. The van der Waals surface area contributed by atoms with Crippen molar-refractivity contribution in [2.75, 3.05) is 26.7 Å². The van der Waals surface area contributed by atoms with Crippen LogP contribution >= 0.6 is 11.6 Å². The predicted octanol–water partition coefficient (Wildman–Crippen LogP) is 3.33. The average Bonchev–Trinajstić information content (AvgIpc) is 2.47. The third kappa shape index (κ3) is 4.60. The zero-order valence-corrected chi connectivity index (χ0v) is 13.5. The van der Waals surface area contributed by atoms with Crippen molar-refractivity contribution in [3.63, 3.8) is 0 Å². The van der Waals surface area contributed by atoms with Crippen LogP contribution in [0.4, 0.5) is 4.39 Å². The van der Waals surface area contributed by atoms with Gasteiger partial charge in [-0.25, -0.2) is 4.39 Å². The lowest BCUT2D eigenvalue weighted by molar-refractivity contribution is 0.273. The maximum absolute atomic E-state index is 13.0. The van der Waals surface area contributed by atoms with E-state index in [-0.39, 0.29) is 5.82 Å². The maximum atomic E-state index is 13.0. The van der Waals surface area contributed by atoms with Crippen LogP contribution in [0.1, 0.15) is 25.3 Å². The van der Waals surface area contributed by atoms with Gasteiger partial charge >= 0.3 is 0 Å². The Balaban J connectivity index is 1.83. The highest BCUT2D eigenvalue weighted by Gasteiger charge is 2.18. The third-order valence-electron chi connectivity index (χ3n) is 3.99. The second-order valence-electron chi connectivity index (χ2n) is 5.63. The fourth-order valence-electron chi connectivity index (χ4n) is 2.59. The topological polar surface area (TPSA) is 27.6 Å². The number of benzene rings is 1. The van der Waals surface area contributed by atoms with E-state index < -0.39 is 0 Å². The molecular weight excluding hydrogens is 289 g/mol. The highest BCUT2D eigenvalue weighted by molar-refractivity contribution is 6.31. The molecule has 1 N–H and O–H groups in total. The zero-order chi connectivity index (χ0) is 15.2. The molecule has 1 aromatic carbocycles. The van der Waals surface area contributed by atoms with Crippen molar-refractivity contribution in [1.29, 1.82) is 0 Å². The highest BCUT2D eigenvalue weighted by atomic mass is 35.5. The Bertz CT molecular complexity index is 496. The Morgan fingerprint density at radius 2 is 2.14 bits per heavy atom. The number of hydrogen-bond donors (Lipinski definition) is 1. The smallest absolute Gasteiger partial charge is 0.193 e. The maximum Gasteiger partial charge on any atom is 0.193 e. The van der Waals surface area contributed by atoms with Crippen LogP contribution in [0.5, 0.6) is 0 Å². The predicted molar refractivity (Wildman–Crippen MR) is 86.4 cm³/mol. The highest BCUT2D eigenvalue weighted by Crippen LogP contribution is 2.18. The molecule has 5 heteroatoms. The molecule has 1 fully saturated rings. The van der Waals surface area contributed by atoms with Crippen LogP contribution in [0, 0.1) is 11.7 Å². The number of rotatable bonds is 3. The normalized spacial score (nSPS) is 17.1. The quantitative estimate of drug-likeness (QED) is 0.685. The summed E-state index contributed by atoms with van der Waals surface area (Å²) in [5.74, 6) is 1.45. The van der Waals surface area contributed by atoms with Gasteiger partial charge in [0, 0.05) is 31.7 Å². The molecule has 0 bridgehead atoms. The van der Waals surface area contributed by atoms with Crippen molar-refractivity contribution < 1.29 is 4.39 Å². The van der Waals surface area contributed by atoms with Crippen LogP contribution < -0.4 is 5.32 Å². The number of halogens is 2. The lowest BCUT2D eigenvalue weighted by atomic mass is 10.00. The van der Waals surface area contributed by atoms with E-state index in [1.165, 1.54) is 25.0 Å². The first-order valence-corrected chi connectivity index (χ1v) is 7.87. The average molecular weight is 312 g/mol. The Labute approximate surface area is 131 Å². The standard InChI is InChI=1S/C16H23ClFN3/c1-12-6-9-21(10-7-12)16(19-2)20-8-5-13-3-4-14(18)11-15(13)17/h3-4,11-12H,5-10H2,1-2H3,(H,19,20). The number of likely N-dealkylation sites (tertiary alicyclic amines) is 1. The number of hydrogen-bond acceptors (Lipinski definition) is 1. The van der Waals surface area contributed by atoms with Crippen molar-refractivity contribution in [3.8, 4) is 0 Å². The van der Waals surface area contributed by atoms with E-state index >= 15 is 0 Å². The van der Waals surface area contributed by atoms with Crippen LogP contribution in [-0.4, -0.2) is 37.5 Å². The summed E-state index contributed by atoms with van der Waals surface area (Å²) in [5.41, 5.74) is 0.952. The Kier molecular flexibility index (Phi) is 5.85. The van der Waals surface area contributed by atoms with E-state index in [0.717, 1.165) is 43.5 Å². The minimum Gasteiger partial charge on any atom is -0.356 e. The Morgan fingerprint density at radius 3 is 2.76 bits per heavy atom.